The predicted octanol–water partition coefficient (Wildman–Crippen LogP) is 2.57. The molecule has 0 aliphatic heterocycles. The van der Waals surface area contributed by atoms with Crippen LogP contribution in [0.25, 0.3) is 11.0 Å². The highest BCUT2D eigenvalue weighted by Gasteiger charge is 1.97. The van der Waals surface area contributed by atoms with E-state index >= 15 is 0 Å². The molecule has 0 amide bonds. The zero-order chi connectivity index (χ0) is 7.68. The largest absolute Gasteiger partial charge is 0.464 e. The highest BCUT2D eigenvalue weighted by molar-refractivity contribution is 6.17. The number of furan rings is 1. The lowest BCUT2D eigenvalue weighted by Gasteiger charge is -1.91. The Morgan fingerprint density at radius 2 is 2.45 bits per heavy atom. The maximum atomic E-state index is 5.59. The smallest absolute Gasteiger partial charge is 0.137 e. The van der Waals surface area contributed by atoms with Crippen LogP contribution >= 0.6 is 11.6 Å². The Bertz CT molecular complexity index is 369. The maximum Gasteiger partial charge on any atom is 0.137 e. The number of hydrogen-bond donors (Lipinski definition) is 0. The molecule has 2 nitrogen and oxygen atoms in total. The molecule has 0 aliphatic rings. The van der Waals surface area contributed by atoms with Crippen LogP contribution < -0.4 is 0 Å². The second kappa shape index (κ2) is 2.55. The van der Waals surface area contributed by atoms with Crippen LogP contribution in [0.15, 0.2) is 29.0 Å². The van der Waals surface area contributed by atoms with Gasteiger partial charge in [-0.2, -0.15) is 0 Å². The molecule has 0 unspecified atom stereocenters. The Labute approximate surface area is 68.8 Å². The van der Waals surface area contributed by atoms with Crippen molar-refractivity contribution in [2.24, 2.45) is 0 Å². The fourth-order valence-electron chi connectivity index (χ4n) is 0.969. The number of rotatable bonds is 1. The molecule has 11 heavy (non-hydrogen) atoms. The molecule has 2 rings (SSSR count). The molecule has 0 radical (unpaired) electrons. The Morgan fingerprint density at radius 3 is 3.27 bits per heavy atom. The Balaban J connectivity index is 2.67. The Kier molecular flexibility index (Phi) is 1.55. The van der Waals surface area contributed by atoms with Gasteiger partial charge in [-0.05, 0) is 6.07 Å². The molecule has 2 aromatic rings. The monoisotopic (exact) mass is 167 g/mol. The molecule has 0 fully saturated rings. The third-order valence-electron chi connectivity index (χ3n) is 1.53. The van der Waals surface area contributed by atoms with E-state index in [-0.39, 0.29) is 0 Å². The molecular weight excluding hydrogens is 162 g/mol. The minimum Gasteiger partial charge on any atom is -0.464 e. The summed E-state index contributed by atoms with van der Waals surface area (Å²) in [7, 11) is 0. The van der Waals surface area contributed by atoms with E-state index in [0.29, 0.717) is 5.88 Å². The average Bonchev–Trinajstić information content (AvgIpc) is 2.50. The molecule has 0 N–H and O–H groups in total. The van der Waals surface area contributed by atoms with E-state index in [1.165, 1.54) is 0 Å². The van der Waals surface area contributed by atoms with Gasteiger partial charge < -0.3 is 4.42 Å². The molecule has 0 aromatic carbocycles. The molecule has 0 bridgehead atoms. The van der Waals surface area contributed by atoms with Crippen molar-refractivity contribution in [2.45, 2.75) is 5.88 Å². The quantitative estimate of drug-likeness (QED) is 0.611. The number of halogens is 1. The van der Waals surface area contributed by atoms with Gasteiger partial charge in [0.25, 0.3) is 0 Å². The third-order valence-corrected chi connectivity index (χ3v) is 1.81. The van der Waals surface area contributed by atoms with Crippen LogP contribution in [0, 0.1) is 0 Å². The summed E-state index contributed by atoms with van der Waals surface area (Å²) in [6.45, 7) is 0. The number of hydrogen-bond acceptors (Lipinski definition) is 2. The molecule has 2 heterocycles. The van der Waals surface area contributed by atoms with Gasteiger partial charge in [0.15, 0.2) is 0 Å². The van der Waals surface area contributed by atoms with Crippen molar-refractivity contribution in [3.05, 3.63) is 30.3 Å². The van der Waals surface area contributed by atoms with Crippen LogP contribution in [-0.2, 0) is 5.88 Å². The van der Waals surface area contributed by atoms with Crippen molar-refractivity contribution >= 4 is 22.6 Å². The minimum absolute atomic E-state index is 0.427. The summed E-state index contributed by atoms with van der Waals surface area (Å²) < 4.78 is 5.16. The van der Waals surface area contributed by atoms with E-state index in [0.717, 1.165) is 16.7 Å². The van der Waals surface area contributed by atoms with E-state index in [1.807, 2.05) is 12.1 Å². The van der Waals surface area contributed by atoms with Crippen LogP contribution in [0.4, 0.5) is 0 Å². The fraction of sp³-hybridized carbons (Fsp3) is 0.125. The molecule has 0 saturated heterocycles. The summed E-state index contributed by atoms with van der Waals surface area (Å²) in [6, 6.07) is 3.72. The molecule has 0 spiro atoms. The predicted molar refractivity (Wildman–Crippen MR) is 43.6 cm³/mol. The maximum absolute atomic E-state index is 5.59. The number of aromatic nitrogens is 1. The first-order valence-corrected chi connectivity index (χ1v) is 3.82. The van der Waals surface area contributed by atoms with Crippen molar-refractivity contribution in [2.75, 3.05) is 0 Å². The molecular formula is C8H6ClNO. The van der Waals surface area contributed by atoms with Gasteiger partial charge in [-0.25, -0.2) is 0 Å². The number of alkyl halides is 1. The topological polar surface area (TPSA) is 26.0 Å². The summed E-state index contributed by atoms with van der Waals surface area (Å²) in [4.78, 5) is 4.11. The van der Waals surface area contributed by atoms with Gasteiger partial charge in [0.2, 0.25) is 0 Å². The van der Waals surface area contributed by atoms with E-state index in [2.05, 4.69) is 4.98 Å². The minimum atomic E-state index is 0.427. The average molecular weight is 168 g/mol. The summed E-state index contributed by atoms with van der Waals surface area (Å²) in [5.74, 6) is 0.427. The van der Waals surface area contributed by atoms with Crippen LogP contribution in [0.1, 0.15) is 5.69 Å². The third kappa shape index (κ3) is 1.10. The van der Waals surface area contributed by atoms with Gasteiger partial charge in [0.05, 0.1) is 17.8 Å². The SMILES string of the molecule is ClCc1cc2occc2cn1. The lowest BCUT2D eigenvalue weighted by molar-refractivity contribution is 0.615. The first-order valence-electron chi connectivity index (χ1n) is 3.28. The fourth-order valence-corrected chi connectivity index (χ4v) is 1.12. The summed E-state index contributed by atoms with van der Waals surface area (Å²) in [6.07, 6.45) is 3.40. The Morgan fingerprint density at radius 1 is 1.55 bits per heavy atom. The van der Waals surface area contributed by atoms with Crippen LogP contribution in [0.5, 0.6) is 0 Å². The summed E-state index contributed by atoms with van der Waals surface area (Å²) >= 11 is 5.59. The van der Waals surface area contributed by atoms with Gasteiger partial charge in [-0.1, -0.05) is 0 Å². The molecule has 0 atom stereocenters. The lowest BCUT2D eigenvalue weighted by atomic mass is 10.3. The van der Waals surface area contributed by atoms with Crippen molar-refractivity contribution in [1.82, 2.24) is 4.98 Å². The second-order valence-corrected chi connectivity index (χ2v) is 2.53. The van der Waals surface area contributed by atoms with Crippen molar-refractivity contribution < 1.29 is 4.42 Å². The van der Waals surface area contributed by atoms with Crippen LogP contribution in [-0.4, -0.2) is 4.98 Å². The van der Waals surface area contributed by atoms with Gasteiger partial charge in [0, 0.05) is 17.6 Å². The van der Waals surface area contributed by atoms with E-state index in [9.17, 15) is 0 Å². The zero-order valence-electron chi connectivity index (χ0n) is 5.75. The highest BCUT2D eigenvalue weighted by atomic mass is 35.5. The molecule has 0 saturated carbocycles. The number of pyridine rings is 1. The number of fused-ring (bicyclic) bond motifs is 1. The first kappa shape index (κ1) is 6.68. The molecule has 56 valence electrons. The van der Waals surface area contributed by atoms with Gasteiger partial charge in [-0.3, -0.25) is 4.98 Å². The normalized spacial score (nSPS) is 10.6. The Hall–Kier alpha value is -1.02. The van der Waals surface area contributed by atoms with Gasteiger partial charge in [-0.15, -0.1) is 11.6 Å². The lowest BCUT2D eigenvalue weighted by Crippen LogP contribution is -1.81. The van der Waals surface area contributed by atoms with E-state index in [1.54, 1.807) is 12.5 Å². The van der Waals surface area contributed by atoms with Gasteiger partial charge in [0.1, 0.15) is 5.58 Å². The van der Waals surface area contributed by atoms with Crippen molar-refractivity contribution in [1.29, 1.82) is 0 Å². The molecule has 3 heteroatoms. The van der Waals surface area contributed by atoms with Gasteiger partial charge >= 0.3 is 0 Å². The van der Waals surface area contributed by atoms with Crippen LogP contribution in [0.2, 0.25) is 0 Å². The molecule has 0 aliphatic carbocycles. The van der Waals surface area contributed by atoms with E-state index < -0.39 is 0 Å². The van der Waals surface area contributed by atoms with Crippen molar-refractivity contribution in [3.8, 4) is 0 Å². The summed E-state index contributed by atoms with van der Waals surface area (Å²) in [5, 5.41) is 1.01. The first-order chi connectivity index (χ1) is 5.40. The zero-order valence-corrected chi connectivity index (χ0v) is 6.51. The second-order valence-electron chi connectivity index (χ2n) is 2.27. The summed E-state index contributed by atoms with van der Waals surface area (Å²) in [5.41, 5.74) is 1.68. The number of nitrogens with zero attached hydrogens (tertiary/aromatic N) is 1. The highest BCUT2D eigenvalue weighted by Crippen LogP contribution is 2.15. The van der Waals surface area contributed by atoms with Crippen molar-refractivity contribution in [3.63, 3.8) is 0 Å². The van der Waals surface area contributed by atoms with E-state index in [4.69, 9.17) is 16.0 Å². The van der Waals surface area contributed by atoms with Crippen LogP contribution in [0.3, 0.4) is 0 Å². The standard InChI is InChI=1S/C8H6ClNO/c9-4-7-3-8-6(5-10-7)1-2-11-8/h1-3,5H,4H2. The molecule has 2 aromatic heterocycles.